The fraction of sp³-hybridized carbons (Fsp3) is 0.700. The third-order valence-electron chi connectivity index (χ3n) is 5.64. The first-order valence-electron chi connectivity index (χ1n) is 8.71. The van der Waals surface area contributed by atoms with Gasteiger partial charge in [0, 0.05) is 12.0 Å². The molecule has 0 saturated heterocycles. The molecule has 116 valence electrons. The van der Waals surface area contributed by atoms with Gasteiger partial charge < -0.3 is 5.32 Å². The van der Waals surface area contributed by atoms with Crippen LogP contribution in [0.5, 0.6) is 0 Å². The minimum Gasteiger partial charge on any atom is -0.316 e. The molecule has 0 aromatic heterocycles. The average molecular weight is 285 g/mol. The summed E-state index contributed by atoms with van der Waals surface area (Å²) in [6, 6.07) is 9.52. The van der Waals surface area contributed by atoms with Crippen molar-refractivity contribution in [2.75, 3.05) is 13.1 Å². The summed E-state index contributed by atoms with van der Waals surface area (Å²) in [7, 11) is 0. The van der Waals surface area contributed by atoms with E-state index in [9.17, 15) is 0 Å². The largest absolute Gasteiger partial charge is 0.316 e. The molecule has 1 nitrogen and oxygen atoms in total. The maximum Gasteiger partial charge on any atom is 0.00883 e. The molecule has 21 heavy (non-hydrogen) atoms. The van der Waals surface area contributed by atoms with Gasteiger partial charge in [0.05, 0.1) is 0 Å². The average Bonchev–Trinajstić information content (AvgIpc) is 3.17. The van der Waals surface area contributed by atoms with Gasteiger partial charge in [0.2, 0.25) is 0 Å². The normalized spacial score (nSPS) is 22.1. The van der Waals surface area contributed by atoms with Crippen LogP contribution < -0.4 is 5.32 Å². The Morgan fingerprint density at radius 1 is 1.05 bits per heavy atom. The van der Waals surface area contributed by atoms with E-state index >= 15 is 0 Å². The summed E-state index contributed by atoms with van der Waals surface area (Å²) in [5.74, 6) is 0. The maximum absolute atomic E-state index is 3.69. The van der Waals surface area contributed by atoms with Crippen molar-refractivity contribution in [2.24, 2.45) is 5.41 Å². The summed E-state index contributed by atoms with van der Waals surface area (Å²) in [5.41, 5.74) is 4.43. The standard InChI is InChI=1S/C20H31N/c1-5-12-21-15-20(13-19(14-20)10-11-19)17-8-6-16(7-9-17)18(2,3)4/h6-9,21H,5,10-15H2,1-4H3. The van der Waals surface area contributed by atoms with E-state index < -0.39 is 0 Å². The Morgan fingerprint density at radius 3 is 2.14 bits per heavy atom. The zero-order chi connectivity index (χ0) is 15.1. The Labute approximate surface area is 130 Å². The van der Waals surface area contributed by atoms with Crippen LogP contribution in [0.3, 0.4) is 0 Å². The van der Waals surface area contributed by atoms with Crippen molar-refractivity contribution in [3.8, 4) is 0 Å². The van der Waals surface area contributed by atoms with Gasteiger partial charge in [-0.1, -0.05) is 52.0 Å². The van der Waals surface area contributed by atoms with Crippen LogP contribution in [0.15, 0.2) is 24.3 Å². The van der Waals surface area contributed by atoms with Gasteiger partial charge in [-0.25, -0.2) is 0 Å². The second-order valence-electron chi connectivity index (χ2n) is 8.64. The van der Waals surface area contributed by atoms with E-state index in [0.717, 1.165) is 18.5 Å². The van der Waals surface area contributed by atoms with Crippen molar-refractivity contribution in [3.05, 3.63) is 35.4 Å². The van der Waals surface area contributed by atoms with Gasteiger partial charge in [0.25, 0.3) is 0 Å². The van der Waals surface area contributed by atoms with Gasteiger partial charge in [-0.3, -0.25) is 0 Å². The van der Waals surface area contributed by atoms with E-state index in [2.05, 4.69) is 57.3 Å². The van der Waals surface area contributed by atoms with Crippen molar-refractivity contribution < 1.29 is 0 Å². The molecule has 0 bridgehead atoms. The third-order valence-corrected chi connectivity index (χ3v) is 5.64. The lowest BCUT2D eigenvalue weighted by Gasteiger charge is -2.50. The zero-order valence-electron chi connectivity index (χ0n) is 14.3. The number of rotatable bonds is 5. The van der Waals surface area contributed by atoms with Crippen LogP contribution in [0.25, 0.3) is 0 Å². The Morgan fingerprint density at radius 2 is 1.67 bits per heavy atom. The quantitative estimate of drug-likeness (QED) is 0.767. The molecule has 0 atom stereocenters. The second-order valence-corrected chi connectivity index (χ2v) is 8.64. The van der Waals surface area contributed by atoms with Crippen LogP contribution in [0, 0.1) is 5.41 Å². The zero-order valence-corrected chi connectivity index (χ0v) is 14.3. The Balaban J connectivity index is 1.77. The topological polar surface area (TPSA) is 12.0 Å². The molecule has 0 amide bonds. The van der Waals surface area contributed by atoms with Gasteiger partial charge >= 0.3 is 0 Å². The predicted molar refractivity (Wildman–Crippen MR) is 90.9 cm³/mol. The number of nitrogens with one attached hydrogen (secondary N) is 1. The molecule has 0 radical (unpaired) electrons. The molecule has 1 N–H and O–H groups in total. The summed E-state index contributed by atoms with van der Waals surface area (Å²) in [5, 5.41) is 3.69. The highest BCUT2D eigenvalue weighted by Gasteiger charge is 2.60. The molecule has 1 aromatic rings. The van der Waals surface area contributed by atoms with E-state index in [1.807, 2.05) is 0 Å². The number of hydrogen-bond acceptors (Lipinski definition) is 1. The molecule has 0 heterocycles. The number of benzene rings is 1. The number of hydrogen-bond donors (Lipinski definition) is 1. The van der Waals surface area contributed by atoms with E-state index in [1.54, 1.807) is 5.56 Å². The molecule has 2 fully saturated rings. The molecule has 3 rings (SSSR count). The smallest absolute Gasteiger partial charge is 0.00883 e. The van der Waals surface area contributed by atoms with Crippen LogP contribution in [0.1, 0.15) is 70.9 Å². The summed E-state index contributed by atoms with van der Waals surface area (Å²) in [4.78, 5) is 0. The second kappa shape index (κ2) is 5.12. The van der Waals surface area contributed by atoms with Gasteiger partial charge in [-0.15, -0.1) is 0 Å². The lowest BCUT2D eigenvalue weighted by Crippen LogP contribution is -2.49. The van der Waals surface area contributed by atoms with E-state index in [-0.39, 0.29) is 5.41 Å². The first kappa shape index (κ1) is 15.1. The summed E-state index contributed by atoms with van der Waals surface area (Å²) in [6.07, 6.45) is 6.99. The van der Waals surface area contributed by atoms with Crippen LogP contribution in [-0.4, -0.2) is 13.1 Å². The molecule has 1 aromatic carbocycles. The highest BCUT2D eigenvalue weighted by Crippen LogP contribution is 2.68. The highest BCUT2D eigenvalue weighted by molar-refractivity contribution is 5.37. The minimum atomic E-state index is 0.253. The molecule has 2 aliphatic rings. The van der Waals surface area contributed by atoms with E-state index in [4.69, 9.17) is 0 Å². The first-order valence-corrected chi connectivity index (χ1v) is 8.71. The van der Waals surface area contributed by atoms with Crippen LogP contribution in [0.2, 0.25) is 0 Å². The maximum atomic E-state index is 3.69. The molecular formula is C20H31N. The lowest BCUT2D eigenvalue weighted by atomic mass is 9.56. The Hall–Kier alpha value is -0.820. The molecule has 1 heteroatoms. The SMILES string of the molecule is CCCNCC1(c2ccc(C(C)(C)C)cc2)CC2(CC2)C1. The van der Waals surface area contributed by atoms with Crippen molar-refractivity contribution in [3.63, 3.8) is 0 Å². The minimum absolute atomic E-state index is 0.253. The summed E-state index contributed by atoms with van der Waals surface area (Å²) in [6.45, 7) is 11.4. The predicted octanol–water partition coefficient (Wildman–Crippen LogP) is 4.80. The molecular weight excluding hydrogens is 254 g/mol. The van der Waals surface area contributed by atoms with Crippen LogP contribution in [0.4, 0.5) is 0 Å². The molecule has 2 aliphatic carbocycles. The summed E-state index contributed by atoms with van der Waals surface area (Å²) < 4.78 is 0. The van der Waals surface area contributed by atoms with Crippen LogP contribution in [-0.2, 0) is 10.8 Å². The van der Waals surface area contributed by atoms with Crippen molar-refractivity contribution in [2.45, 2.75) is 70.6 Å². The molecule has 0 aliphatic heterocycles. The molecule has 1 spiro atoms. The van der Waals surface area contributed by atoms with Gasteiger partial charge in [-0.2, -0.15) is 0 Å². The van der Waals surface area contributed by atoms with Gasteiger partial charge in [0.1, 0.15) is 0 Å². The summed E-state index contributed by atoms with van der Waals surface area (Å²) >= 11 is 0. The fourth-order valence-corrected chi connectivity index (χ4v) is 4.17. The van der Waals surface area contributed by atoms with E-state index in [0.29, 0.717) is 5.41 Å². The Kier molecular flexibility index (Phi) is 3.68. The van der Waals surface area contributed by atoms with E-state index in [1.165, 1.54) is 37.7 Å². The third kappa shape index (κ3) is 2.90. The molecule has 0 unspecified atom stereocenters. The molecule has 2 saturated carbocycles. The monoisotopic (exact) mass is 285 g/mol. The highest BCUT2D eigenvalue weighted by atomic mass is 14.9. The van der Waals surface area contributed by atoms with Crippen molar-refractivity contribution in [1.29, 1.82) is 0 Å². The van der Waals surface area contributed by atoms with Gasteiger partial charge in [-0.05, 0) is 60.6 Å². The Bertz CT molecular complexity index is 480. The van der Waals surface area contributed by atoms with Crippen LogP contribution >= 0.6 is 0 Å². The van der Waals surface area contributed by atoms with Crippen molar-refractivity contribution in [1.82, 2.24) is 5.32 Å². The first-order chi connectivity index (χ1) is 9.89. The van der Waals surface area contributed by atoms with Gasteiger partial charge in [0.15, 0.2) is 0 Å². The fourth-order valence-electron chi connectivity index (χ4n) is 4.17. The lowest BCUT2D eigenvalue weighted by molar-refractivity contribution is 0.116. The van der Waals surface area contributed by atoms with Crippen molar-refractivity contribution >= 4 is 0 Å².